The maximum absolute atomic E-state index is 12.0. The normalized spacial score (nSPS) is 11.2. The van der Waals surface area contributed by atoms with Crippen molar-refractivity contribution >= 4 is 11.8 Å². The molecule has 0 fully saturated rings. The second-order valence-corrected chi connectivity index (χ2v) is 6.70. The van der Waals surface area contributed by atoms with Crippen molar-refractivity contribution in [1.29, 1.82) is 5.26 Å². The van der Waals surface area contributed by atoms with E-state index in [4.69, 9.17) is 20.5 Å². The molecule has 0 radical (unpaired) electrons. The first-order chi connectivity index (χ1) is 15.0. The second kappa shape index (κ2) is 12.8. The summed E-state index contributed by atoms with van der Waals surface area (Å²) in [6.07, 6.45) is -0.539. The van der Waals surface area contributed by atoms with Gasteiger partial charge in [0.05, 0.1) is 12.0 Å². The van der Waals surface area contributed by atoms with E-state index in [1.54, 1.807) is 48.5 Å². The van der Waals surface area contributed by atoms with Crippen molar-refractivity contribution in [3.05, 3.63) is 59.7 Å². The van der Waals surface area contributed by atoms with Crippen LogP contribution in [-0.2, 0) is 16.0 Å². The molecule has 0 aliphatic rings. The summed E-state index contributed by atoms with van der Waals surface area (Å²) < 4.78 is 10.6. The van der Waals surface area contributed by atoms with Gasteiger partial charge in [0.25, 0.3) is 5.91 Å². The van der Waals surface area contributed by atoms with Crippen molar-refractivity contribution in [2.75, 3.05) is 32.8 Å². The Kier molecular flexibility index (Phi) is 9.81. The van der Waals surface area contributed by atoms with Crippen molar-refractivity contribution in [3.63, 3.8) is 0 Å². The minimum absolute atomic E-state index is 0.0528. The standard InChI is InChI=1S/C22H26N4O5/c23-12-17-3-1-2-4-20(17)31-14-18(27)13-25-9-10-26-22(29)11-16-5-7-19(8-6-16)30-15-21(24)28/h1-8,18,25,27H,9-11,13-15H2,(H2,24,28)(H,26,29). The molecule has 0 aromatic heterocycles. The van der Waals surface area contributed by atoms with Gasteiger partial charge in [0.1, 0.15) is 30.3 Å². The van der Waals surface area contributed by atoms with E-state index in [-0.39, 0.29) is 32.1 Å². The molecular weight excluding hydrogens is 400 g/mol. The Morgan fingerprint density at radius 1 is 1.10 bits per heavy atom. The zero-order chi connectivity index (χ0) is 22.5. The fourth-order valence-corrected chi connectivity index (χ4v) is 2.59. The van der Waals surface area contributed by atoms with E-state index in [0.29, 0.717) is 30.2 Å². The number of nitriles is 1. The summed E-state index contributed by atoms with van der Waals surface area (Å²) in [5.41, 5.74) is 6.24. The smallest absolute Gasteiger partial charge is 0.255 e. The largest absolute Gasteiger partial charge is 0.489 e. The molecule has 9 nitrogen and oxygen atoms in total. The van der Waals surface area contributed by atoms with Crippen LogP contribution in [0.5, 0.6) is 11.5 Å². The molecule has 2 rings (SSSR count). The Hall–Kier alpha value is -3.61. The monoisotopic (exact) mass is 426 g/mol. The van der Waals surface area contributed by atoms with Gasteiger partial charge in [-0.2, -0.15) is 5.26 Å². The zero-order valence-electron chi connectivity index (χ0n) is 17.0. The van der Waals surface area contributed by atoms with E-state index >= 15 is 0 Å². The summed E-state index contributed by atoms with van der Waals surface area (Å²) in [5, 5.41) is 24.8. The average Bonchev–Trinajstić information content (AvgIpc) is 2.77. The van der Waals surface area contributed by atoms with Gasteiger partial charge in [-0.05, 0) is 29.8 Å². The number of carbonyl (C=O) groups is 2. The number of aliphatic hydroxyl groups excluding tert-OH is 1. The van der Waals surface area contributed by atoms with Gasteiger partial charge < -0.3 is 30.9 Å². The van der Waals surface area contributed by atoms with E-state index in [1.807, 2.05) is 6.07 Å². The lowest BCUT2D eigenvalue weighted by Crippen LogP contribution is -2.37. The second-order valence-electron chi connectivity index (χ2n) is 6.70. The summed E-state index contributed by atoms with van der Waals surface area (Å²) in [7, 11) is 0. The number of primary amides is 1. The fourth-order valence-electron chi connectivity index (χ4n) is 2.59. The molecule has 0 saturated carbocycles. The first-order valence-electron chi connectivity index (χ1n) is 9.75. The van der Waals surface area contributed by atoms with Gasteiger partial charge in [-0.1, -0.05) is 24.3 Å². The molecule has 0 spiro atoms. The molecule has 2 amide bonds. The van der Waals surface area contributed by atoms with Gasteiger partial charge in [-0.3, -0.25) is 9.59 Å². The van der Waals surface area contributed by atoms with Gasteiger partial charge in [0.15, 0.2) is 6.61 Å². The number of carbonyl (C=O) groups excluding carboxylic acids is 2. The van der Waals surface area contributed by atoms with Gasteiger partial charge in [-0.15, -0.1) is 0 Å². The number of hydrogen-bond donors (Lipinski definition) is 4. The van der Waals surface area contributed by atoms with Crippen LogP contribution < -0.4 is 25.8 Å². The maximum Gasteiger partial charge on any atom is 0.255 e. The lowest BCUT2D eigenvalue weighted by atomic mass is 10.1. The van der Waals surface area contributed by atoms with Crippen molar-refractivity contribution in [2.24, 2.45) is 5.73 Å². The average molecular weight is 426 g/mol. The van der Waals surface area contributed by atoms with Gasteiger partial charge >= 0.3 is 0 Å². The van der Waals surface area contributed by atoms with Crippen LogP contribution in [0.3, 0.4) is 0 Å². The fraction of sp³-hybridized carbons (Fsp3) is 0.318. The van der Waals surface area contributed by atoms with Gasteiger partial charge in [-0.25, -0.2) is 0 Å². The Balaban J connectivity index is 1.58. The van der Waals surface area contributed by atoms with Crippen LogP contribution in [0.25, 0.3) is 0 Å². The highest BCUT2D eigenvalue weighted by atomic mass is 16.5. The number of nitrogens with zero attached hydrogens (tertiary/aromatic N) is 1. The van der Waals surface area contributed by atoms with E-state index < -0.39 is 12.0 Å². The zero-order valence-corrected chi connectivity index (χ0v) is 17.0. The number of nitrogens with one attached hydrogen (secondary N) is 2. The minimum Gasteiger partial charge on any atom is -0.489 e. The van der Waals surface area contributed by atoms with E-state index in [9.17, 15) is 14.7 Å². The molecule has 0 aliphatic heterocycles. The number of nitrogens with two attached hydrogens (primary N) is 1. The Labute approximate surface area is 180 Å². The molecule has 1 atom stereocenters. The third-order valence-electron chi connectivity index (χ3n) is 4.11. The number of benzene rings is 2. The van der Waals surface area contributed by atoms with Crippen LogP contribution >= 0.6 is 0 Å². The number of hydrogen-bond acceptors (Lipinski definition) is 7. The first kappa shape index (κ1) is 23.7. The molecule has 0 heterocycles. The molecule has 0 bridgehead atoms. The van der Waals surface area contributed by atoms with Gasteiger partial charge in [0, 0.05) is 19.6 Å². The van der Waals surface area contributed by atoms with Crippen molar-refractivity contribution in [2.45, 2.75) is 12.5 Å². The lowest BCUT2D eigenvalue weighted by molar-refractivity contribution is -0.120. The Bertz CT molecular complexity index is 896. The predicted octanol–water partition coefficient (Wildman–Crippen LogP) is 0.111. The van der Waals surface area contributed by atoms with Crippen LogP contribution in [0.15, 0.2) is 48.5 Å². The predicted molar refractivity (Wildman–Crippen MR) is 113 cm³/mol. The summed E-state index contributed by atoms with van der Waals surface area (Å²) in [4.78, 5) is 22.7. The molecule has 0 aliphatic carbocycles. The molecule has 5 N–H and O–H groups in total. The lowest BCUT2D eigenvalue weighted by Gasteiger charge is -2.14. The highest BCUT2D eigenvalue weighted by molar-refractivity contribution is 5.78. The third-order valence-corrected chi connectivity index (χ3v) is 4.11. The molecular formula is C22H26N4O5. The number of aliphatic hydroxyl groups is 1. The van der Waals surface area contributed by atoms with Crippen LogP contribution in [-0.4, -0.2) is 55.9 Å². The first-order valence-corrected chi connectivity index (χ1v) is 9.75. The quantitative estimate of drug-likeness (QED) is 0.332. The maximum atomic E-state index is 12.0. The molecule has 2 aromatic rings. The highest BCUT2D eigenvalue weighted by Gasteiger charge is 2.08. The SMILES string of the molecule is N#Cc1ccccc1OCC(O)CNCCNC(=O)Cc1ccc(OCC(N)=O)cc1. The van der Waals surface area contributed by atoms with Crippen molar-refractivity contribution < 1.29 is 24.2 Å². The molecule has 164 valence electrons. The summed E-state index contributed by atoms with van der Waals surface area (Å²) in [6, 6.07) is 15.7. The Morgan fingerprint density at radius 2 is 1.84 bits per heavy atom. The number of para-hydroxylation sites is 1. The summed E-state index contributed by atoms with van der Waals surface area (Å²) >= 11 is 0. The summed E-state index contributed by atoms with van der Waals surface area (Å²) in [5.74, 6) is 0.251. The third kappa shape index (κ3) is 9.16. The van der Waals surface area contributed by atoms with Crippen LogP contribution in [0.1, 0.15) is 11.1 Å². The number of ether oxygens (including phenoxy) is 2. The Morgan fingerprint density at radius 3 is 2.55 bits per heavy atom. The van der Waals surface area contributed by atoms with Gasteiger partial charge in [0.2, 0.25) is 5.91 Å². The van der Waals surface area contributed by atoms with E-state index in [0.717, 1.165) is 5.56 Å². The highest BCUT2D eigenvalue weighted by Crippen LogP contribution is 2.16. The van der Waals surface area contributed by atoms with Crippen molar-refractivity contribution in [1.82, 2.24) is 10.6 Å². The molecule has 1 unspecified atom stereocenters. The van der Waals surface area contributed by atoms with Crippen LogP contribution in [0.4, 0.5) is 0 Å². The summed E-state index contributed by atoms with van der Waals surface area (Å²) in [6.45, 7) is 1.04. The molecule has 31 heavy (non-hydrogen) atoms. The molecule has 2 aromatic carbocycles. The minimum atomic E-state index is -0.752. The van der Waals surface area contributed by atoms with E-state index in [1.165, 1.54) is 0 Å². The van der Waals surface area contributed by atoms with E-state index in [2.05, 4.69) is 10.6 Å². The molecule has 0 saturated heterocycles. The number of amides is 2. The molecule has 9 heteroatoms. The number of rotatable bonds is 13. The van der Waals surface area contributed by atoms with Crippen LogP contribution in [0, 0.1) is 11.3 Å². The van der Waals surface area contributed by atoms with Crippen molar-refractivity contribution in [3.8, 4) is 17.6 Å². The van der Waals surface area contributed by atoms with Crippen LogP contribution in [0.2, 0.25) is 0 Å². The topological polar surface area (TPSA) is 147 Å².